The lowest BCUT2D eigenvalue weighted by Crippen LogP contribution is -2.44. The van der Waals surface area contributed by atoms with Gasteiger partial charge in [0.15, 0.2) is 0 Å². The molecule has 1 rings (SSSR count). The number of hydrogen-bond donors (Lipinski definition) is 2. The van der Waals surface area contributed by atoms with Gasteiger partial charge in [0.2, 0.25) is 5.91 Å². The van der Waals surface area contributed by atoms with E-state index in [1.807, 2.05) is 13.0 Å². The summed E-state index contributed by atoms with van der Waals surface area (Å²) in [5.41, 5.74) is 5.89. The highest BCUT2D eigenvalue weighted by Crippen LogP contribution is 2.29. The summed E-state index contributed by atoms with van der Waals surface area (Å²) in [5.74, 6) is 0.0775. The highest BCUT2D eigenvalue weighted by atomic mass is 16.1. The number of amides is 1. The number of rotatable bonds is 5. The van der Waals surface area contributed by atoms with Crippen molar-refractivity contribution in [1.82, 2.24) is 5.32 Å². The molecule has 3 N–H and O–H groups in total. The van der Waals surface area contributed by atoms with Crippen molar-refractivity contribution < 1.29 is 4.79 Å². The Morgan fingerprint density at radius 3 is 2.73 bits per heavy atom. The van der Waals surface area contributed by atoms with Crippen LogP contribution in [0.15, 0.2) is 12.7 Å². The largest absolute Gasteiger partial charge is 0.353 e. The van der Waals surface area contributed by atoms with E-state index in [0.29, 0.717) is 6.42 Å². The van der Waals surface area contributed by atoms with Crippen molar-refractivity contribution in [1.29, 1.82) is 0 Å². The van der Waals surface area contributed by atoms with Crippen LogP contribution in [0.1, 0.15) is 45.4 Å². The summed E-state index contributed by atoms with van der Waals surface area (Å²) in [6.07, 6.45) is 7.38. The van der Waals surface area contributed by atoms with Gasteiger partial charge in [-0.2, -0.15) is 0 Å². The maximum Gasteiger partial charge on any atom is 0.222 e. The molecule has 0 aliphatic heterocycles. The molecular weight excluding hydrogens is 188 g/mol. The van der Waals surface area contributed by atoms with E-state index in [0.717, 1.165) is 32.1 Å². The van der Waals surface area contributed by atoms with Crippen molar-refractivity contribution in [3.8, 4) is 0 Å². The zero-order valence-corrected chi connectivity index (χ0v) is 9.59. The smallest absolute Gasteiger partial charge is 0.222 e. The Bertz CT molecular complexity index is 232. The van der Waals surface area contributed by atoms with Gasteiger partial charge >= 0.3 is 0 Å². The quantitative estimate of drug-likeness (QED) is 0.679. The van der Waals surface area contributed by atoms with Gasteiger partial charge in [-0.15, -0.1) is 6.58 Å². The number of hydrogen-bond acceptors (Lipinski definition) is 2. The summed E-state index contributed by atoms with van der Waals surface area (Å²) in [6, 6.07) is 0.167. The molecule has 1 aliphatic rings. The summed E-state index contributed by atoms with van der Waals surface area (Å²) in [5, 5.41) is 2.94. The lowest BCUT2D eigenvalue weighted by Gasteiger charge is -2.23. The molecule has 1 unspecified atom stereocenters. The summed E-state index contributed by atoms with van der Waals surface area (Å²) in [4.78, 5) is 11.7. The van der Waals surface area contributed by atoms with E-state index in [-0.39, 0.29) is 17.5 Å². The molecule has 0 bridgehead atoms. The van der Waals surface area contributed by atoms with Crippen molar-refractivity contribution in [2.24, 2.45) is 5.73 Å². The van der Waals surface area contributed by atoms with Crippen LogP contribution in [0.25, 0.3) is 0 Å². The van der Waals surface area contributed by atoms with Gasteiger partial charge in [-0.25, -0.2) is 0 Å². The minimum atomic E-state index is -0.238. The molecule has 3 heteroatoms. The molecule has 3 nitrogen and oxygen atoms in total. The molecule has 0 heterocycles. The van der Waals surface area contributed by atoms with Gasteiger partial charge in [-0.3, -0.25) is 4.79 Å². The first-order chi connectivity index (χ1) is 7.06. The molecular formula is C12H22N2O. The average Bonchev–Trinajstić information content (AvgIpc) is 2.51. The predicted octanol–water partition coefficient (Wildman–Crippen LogP) is 1.73. The van der Waals surface area contributed by atoms with Gasteiger partial charge in [0.05, 0.1) is 0 Å². The van der Waals surface area contributed by atoms with Gasteiger partial charge < -0.3 is 11.1 Å². The summed E-state index contributed by atoms with van der Waals surface area (Å²) < 4.78 is 0. The second kappa shape index (κ2) is 5.31. The topological polar surface area (TPSA) is 55.1 Å². The summed E-state index contributed by atoms with van der Waals surface area (Å²) in [6.45, 7) is 5.63. The molecule has 0 aromatic carbocycles. The van der Waals surface area contributed by atoms with Crippen LogP contribution in [0.5, 0.6) is 0 Å². The van der Waals surface area contributed by atoms with Crippen LogP contribution in [-0.4, -0.2) is 17.5 Å². The first-order valence-corrected chi connectivity index (χ1v) is 5.75. The Balaban J connectivity index is 2.31. The SMILES string of the molecule is C=CCC(C)NC(=O)CC1(N)CCCC1. The standard InChI is InChI=1S/C12H22N2O/c1-3-6-10(2)14-11(15)9-12(13)7-4-5-8-12/h3,10H,1,4-9,13H2,2H3,(H,14,15). The van der Waals surface area contributed by atoms with E-state index in [1.54, 1.807) is 0 Å². The van der Waals surface area contributed by atoms with Gasteiger partial charge in [0.1, 0.15) is 0 Å². The Labute approximate surface area is 92.1 Å². The molecule has 86 valence electrons. The minimum absolute atomic E-state index is 0.0775. The van der Waals surface area contributed by atoms with E-state index >= 15 is 0 Å². The molecule has 1 amide bonds. The third kappa shape index (κ3) is 4.04. The van der Waals surface area contributed by atoms with Crippen LogP contribution in [0.3, 0.4) is 0 Å². The predicted molar refractivity (Wildman–Crippen MR) is 62.4 cm³/mol. The zero-order valence-electron chi connectivity index (χ0n) is 9.59. The fourth-order valence-corrected chi connectivity index (χ4v) is 2.21. The molecule has 0 saturated heterocycles. The highest BCUT2D eigenvalue weighted by molar-refractivity contribution is 5.77. The fraction of sp³-hybridized carbons (Fsp3) is 0.750. The van der Waals surface area contributed by atoms with Crippen LogP contribution in [-0.2, 0) is 4.79 Å². The van der Waals surface area contributed by atoms with Crippen LogP contribution in [0.4, 0.5) is 0 Å². The highest BCUT2D eigenvalue weighted by Gasteiger charge is 2.31. The summed E-state index contributed by atoms with van der Waals surface area (Å²) >= 11 is 0. The molecule has 1 atom stereocenters. The van der Waals surface area contributed by atoms with Gasteiger partial charge in [0, 0.05) is 18.0 Å². The van der Waals surface area contributed by atoms with E-state index in [2.05, 4.69) is 11.9 Å². The van der Waals surface area contributed by atoms with Crippen molar-refractivity contribution in [3.05, 3.63) is 12.7 Å². The molecule has 1 fully saturated rings. The second-order valence-electron chi connectivity index (χ2n) is 4.74. The maximum atomic E-state index is 11.7. The average molecular weight is 210 g/mol. The zero-order chi connectivity index (χ0) is 11.3. The van der Waals surface area contributed by atoms with Gasteiger partial charge in [-0.1, -0.05) is 18.9 Å². The molecule has 0 radical (unpaired) electrons. The molecule has 1 saturated carbocycles. The van der Waals surface area contributed by atoms with Gasteiger partial charge in [-0.05, 0) is 26.2 Å². The first-order valence-electron chi connectivity index (χ1n) is 5.75. The van der Waals surface area contributed by atoms with Crippen molar-refractivity contribution in [2.75, 3.05) is 0 Å². The Hall–Kier alpha value is -0.830. The number of nitrogens with two attached hydrogens (primary N) is 1. The van der Waals surface area contributed by atoms with Crippen molar-refractivity contribution in [2.45, 2.75) is 57.0 Å². The first kappa shape index (κ1) is 12.2. The van der Waals surface area contributed by atoms with E-state index in [9.17, 15) is 4.79 Å². The van der Waals surface area contributed by atoms with E-state index < -0.39 is 0 Å². The van der Waals surface area contributed by atoms with Crippen LogP contribution >= 0.6 is 0 Å². The van der Waals surface area contributed by atoms with Gasteiger partial charge in [0.25, 0.3) is 0 Å². The normalized spacial score (nSPS) is 20.9. The summed E-state index contributed by atoms with van der Waals surface area (Å²) in [7, 11) is 0. The maximum absolute atomic E-state index is 11.7. The lowest BCUT2D eigenvalue weighted by molar-refractivity contribution is -0.122. The Morgan fingerprint density at radius 2 is 2.20 bits per heavy atom. The second-order valence-corrected chi connectivity index (χ2v) is 4.74. The van der Waals surface area contributed by atoms with Crippen LogP contribution < -0.4 is 11.1 Å². The molecule has 1 aliphatic carbocycles. The fourth-order valence-electron chi connectivity index (χ4n) is 2.21. The van der Waals surface area contributed by atoms with E-state index in [4.69, 9.17) is 5.73 Å². The Morgan fingerprint density at radius 1 is 1.60 bits per heavy atom. The number of carbonyl (C=O) groups excluding carboxylic acids is 1. The minimum Gasteiger partial charge on any atom is -0.353 e. The molecule has 0 aromatic heterocycles. The third-order valence-electron chi connectivity index (χ3n) is 3.04. The molecule has 0 spiro atoms. The third-order valence-corrected chi connectivity index (χ3v) is 3.04. The molecule has 15 heavy (non-hydrogen) atoms. The van der Waals surface area contributed by atoms with Crippen molar-refractivity contribution >= 4 is 5.91 Å². The number of carbonyl (C=O) groups is 1. The van der Waals surface area contributed by atoms with Crippen LogP contribution in [0.2, 0.25) is 0 Å². The lowest BCUT2D eigenvalue weighted by atomic mass is 9.94. The Kier molecular flexibility index (Phi) is 4.33. The van der Waals surface area contributed by atoms with Crippen molar-refractivity contribution in [3.63, 3.8) is 0 Å². The van der Waals surface area contributed by atoms with E-state index in [1.165, 1.54) is 0 Å². The number of nitrogens with one attached hydrogen (secondary N) is 1. The van der Waals surface area contributed by atoms with Crippen LogP contribution in [0, 0.1) is 0 Å². The molecule has 0 aromatic rings. The monoisotopic (exact) mass is 210 g/mol.